The van der Waals surface area contributed by atoms with E-state index in [2.05, 4.69) is 13.0 Å². The van der Waals surface area contributed by atoms with Crippen LogP contribution in [0.2, 0.25) is 0 Å². The third-order valence-corrected chi connectivity index (χ3v) is 1.12. The molecule has 1 nitrogen and oxygen atoms in total. The van der Waals surface area contributed by atoms with E-state index in [1.54, 1.807) is 0 Å². The number of unbranched alkanes of at least 4 members (excludes halogenated alkanes) is 2. The van der Waals surface area contributed by atoms with Gasteiger partial charge in [-0.2, -0.15) is 0 Å². The first-order chi connectivity index (χ1) is 4.41. The number of hydrogen-bond donors (Lipinski definition) is 0. The van der Waals surface area contributed by atoms with Gasteiger partial charge in [0.15, 0.2) is 0 Å². The highest BCUT2D eigenvalue weighted by Crippen LogP contribution is 1.94. The molecule has 0 amide bonds. The third kappa shape index (κ3) is 7.41. The van der Waals surface area contributed by atoms with Crippen molar-refractivity contribution in [3.8, 4) is 0 Å². The summed E-state index contributed by atoms with van der Waals surface area (Å²) in [5.41, 5.74) is 0. The largest absolute Gasteiger partial charge is 0.303 e. The standard InChI is InChI=1S/C8H14O/c1-2-3-4-5-6-7-8-9/h5-6,8H,2-4,7H2,1H3. The number of allylic oxidation sites excluding steroid dienone is 2. The van der Waals surface area contributed by atoms with E-state index < -0.39 is 0 Å². The van der Waals surface area contributed by atoms with Crippen LogP contribution in [-0.4, -0.2) is 6.29 Å². The Bertz CT molecular complexity index is 84.6. The first kappa shape index (κ1) is 8.41. The molecule has 0 fully saturated rings. The highest BCUT2D eigenvalue weighted by Gasteiger charge is 1.76. The van der Waals surface area contributed by atoms with Crippen molar-refractivity contribution in [1.29, 1.82) is 0 Å². The molecule has 0 aromatic carbocycles. The van der Waals surface area contributed by atoms with Crippen molar-refractivity contribution in [2.24, 2.45) is 0 Å². The topological polar surface area (TPSA) is 17.1 Å². The van der Waals surface area contributed by atoms with Gasteiger partial charge in [0.1, 0.15) is 6.29 Å². The van der Waals surface area contributed by atoms with Gasteiger partial charge in [0.05, 0.1) is 0 Å². The molecule has 0 saturated heterocycles. The van der Waals surface area contributed by atoms with Gasteiger partial charge in [-0.3, -0.25) is 0 Å². The lowest BCUT2D eigenvalue weighted by atomic mass is 10.2. The van der Waals surface area contributed by atoms with Crippen molar-refractivity contribution in [1.82, 2.24) is 0 Å². The number of rotatable bonds is 5. The van der Waals surface area contributed by atoms with Crippen molar-refractivity contribution in [2.45, 2.75) is 32.6 Å². The second-order valence-electron chi connectivity index (χ2n) is 2.02. The molecule has 0 spiro atoms. The average molecular weight is 126 g/mol. The number of aldehydes is 1. The maximum absolute atomic E-state index is 9.79. The lowest BCUT2D eigenvalue weighted by Crippen LogP contribution is -1.68. The molecule has 0 atom stereocenters. The van der Waals surface area contributed by atoms with Gasteiger partial charge in [-0.15, -0.1) is 0 Å². The summed E-state index contributed by atoms with van der Waals surface area (Å²) in [5.74, 6) is 0. The first-order valence-corrected chi connectivity index (χ1v) is 3.50. The molecule has 0 aromatic heterocycles. The maximum Gasteiger partial charge on any atom is 0.123 e. The van der Waals surface area contributed by atoms with Crippen molar-refractivity contribution < 1.29 is 4.79 Å². The molecule has 0 unspecified atom stereocenters. The molecule has 52 valence electrons. The van der Waals surface area contributed by atoms with Gasteiger partial charge < -0.3 is 4.79 Å². The summed E-state index contributed by atoms with van der Waals surface area (Å²) in [7, 11) is 0. The summed E-state index contributed by atoms with van der Waals surface area (Å²) < 4.78 is 0. The Morgan fingerprint density at radius 2 is 2.11 bits per heavy atom. The van der Waals surface area contributed by atoms with Gasteiger partial charge in [0.2, 0.25) is 0 Å². The molecule has 0 N–H and O–H groups in total. The van der Waals surface area contributed by atoms with E-state index in [0.717, 1.165) is 12.7 Å². The third-order valence-electron chi connectivity index (χ3n) is 1.12. The Morgan fingerprint density at radius 3 is 2.67 bits per heavy atom. The molecule has 0 heterocycles. The summed E-state index contributed by atoms with van der Waals surface area (Å²) in [5, 5.41) is 0. The SMILES string of the molecule is CCCCC=CCC=O. The van der Waals surface area contributed by atoms with Crippen molar-refractivity contribution >= 4 is 6.29 Å². The Morgan fingerprint density at radius 1 is 1.33 bits per heavy atom. The molecule has 9 heavy (non-hydrogen) atoms. The molecule has 0 bridgehead atoms. The smallest absolute Gasteiger partial charge is 0.123 e. The van der Waals surface area contributed by atoms with Crippen LogP contribution in [0.3, 0.4) is 0 Å². The second kappa shape index (κ2) is 7.41. The molecule has 0 rings (SSSR count). The monoisotopic (exact) mass is 126 g/mol. The fourth-order valence-electron chi connectivity index (χ4n) is 0.592. The van der Waals surface area contributed by atoms with Crippen molar-refractivity contribution in [2.75, 3.05) is 0 Å². The second-order valence-corrected chi connectivity index (χ2v) is 2.02. The molecule has 0 saturated carbocycles. The summed E-state index contributed by atoms with van der Waals surface area (Å²) in [6.07, 6.45) is 9.05. The van der Waals surface area contributed by atoms with Crippen molar-refractivity contribution in [3.05, 3.63) is 12.2 Å². The lowest BCUT2D eigenvalue weighted by molar-refractivity contribution is -0.107. The van der Waals surface area contributed by atoms with Gasteiger partial charge in [-0.05, 0) is 6.42 Å². The van der Waals surface area contributed by atoms with Crippen LogP contribution in [0.25, 0.3) is 0 Å². The van der Waals surface area contributed by atoms with Crippen LogP contribution in [0.4, 0.5) is 0 Å². The van der Waals surface area contributed by atoms with Crippen LogP contribution in [0.5, 0.6) is 0 Å². The molecular weight excluding hydrogens is 112 g/mol. The molecule has 1 heteroatoms. The minimum atomic E-state index is 0.573. The molecule has 0 aliphatic carbocycles. The maximum atomic E-state index is 9.79. The van der Waals surface area contributed by atoms with Crippen LogP contribution < -0.4 is 0 Å². The van der Waals surface area contributed by atoms with E-state index in [1.807, 2.05) is 6.08 Å². The molecular formula is C8H14O. The van der Waals surface area contributed by atoms with Crippen LogP contribution >= 0.6 is 0 Å². The zero-order valence-corrected chi connectivity index (χ0v) is 5.97. The summed E-state index contributed by atoms with van der Waals surface area (Å²) >= 11 is 0. The highest BCUT2D eigenvalue weighted by molar-refractivity contribution is 5.51. The minimum absolute atomic E-state index is 0.573. The van der Waals surface area contributed by atoms with Gasteiger partial charge in [0.25, 0.3) is 0 Å². The summed E-state index contributed by atoms with van der Waals surface area (Å²) in [6, 6.07) is 0. The Labute approximate surface area is 56.8 Å². The Balaban J connectivity index is 2.94. The zero-order valence-electron chi connectivity index (χ0n) is 5.97. The predicted molar refractivity (Wildman–Crippen MR) is 39.3 cm³/mol. The highest BCUT2D eigenvalue weighted by atomic mass is 16.1. The zero-order chi connectivity index (χ0) is 6.95. The van der Waals surface area contributed by atoms with E-state index in [4.69, 9.17) is 0 Å². The van der Waals surface area contributed by atoms with Crippen LogP contribution in [0.1, 0.15) is 32.6 Å². The van der Waals surface area contributed by atoms with Crippen LogP contribution in [-0.2, 0) is 4.79 Å². The number of hydrogen-bond acceptors (Lipinski definition) is 1. The number of carbonyl (C=O) groups excluding carboxylic acids is 1. The molecule has 0 aliphatic rings. The number of carbonyl (C=O) groups is 1. The molecule has 0 aromatic rings. The first-order valence-electron chi connectivity index (χ1n) is 3.50. The van der Waals surface area contributed by atoms with E-state index in [9.17, 15) is 4.79 Å². The van der Waals surface area contributed by atoms with Crippen LogP contribution in [0.15, 0.2) is 12.2 Å². The molecule has 0 aliphatic heterocycles. The average Bonchev–Trinajstić information content (AvgIpc) is 1.89. The normalized spacial score (nSPS) is 10.3. The Hall–Kier alpha value is -0.590. The quantitative estimate of drug-likeness (QED) is 0.314. The minimum Gasteiger partial charge on any atom is -0.303 e. The fraction of sp³-hybridized carbons (Fsp3) is 0.625. The van der Waals surface area contributed by atoms with Gasteiger partial charge in [-0.25, -0.2) is 0 Å². The van der Waals surface area contributed by atoms with E-state index in [1.165, 1.54) is 12.8 Å². The summed E-state index contributed by atoms with van der Waals surface area (Å²) in [6.45, 7) is 2.16. The predicted octanol–water partition coefficient (Wildman–Crippen LogP) is 2.32. The van der Waals surface area contributed by atoms with E-state index in [-0.39, 0.29) is 0 Å². The van der Waals surface area contributed by atoms with Gasteiger partial charge in [-0.1, -0.05) is 31.9 Å². The van der Waals surface area contributed by atoms with E-state index >= 15 is 0 Å². The van der Waals surface area contributed by atoms with Crippen LogP contribution in [0, 0.1) is 0 Å². The summed E-state index contributed by atoms with van der Waals surface area (Å²) in [4.78, 5) is 9.79. The molecule has 0 radical (unpaired) electrons. The van der Waals surface area contributed by atoms with Crippen molar-refractivity contribution in [3.63, 3.8) is 0 Å². The van der Waals surface area contributed by atoms with Gasteiger partial charge >= 0.3 is 0 Å². The van der Waals surface area contributed by atoms with E-state index in [0.29, 0.717) is 6.42 Å². The van der Waals surface area contributed by atoms with Gasteiger partial charge in [0, 0.05) is 6.42 Å². The lowest BCUT2D eigenvalue weighted by Gasteiger charge is -1.85. The Kier molecular flexibility index (Phi) is 6.92. The fourth-order valence-corrected chi connectivity index (χ4v) is 0.592.